The van der Waals surface area contributed by atoms with Crippen molar-refractivity contribution >= 4 is 56.7 Å². The number of benzene rings is 1. The second-order valence-electron chi connectivity index (χ2n) is 9.66. The average Bonchev–Trinajstić information content (AvgIpc) is 3.35. The zero-order valence-corrected chi connectivity index (χ0v) is 22.5. The largest absolute Gasteiger partial charge is 0.444 e. The third-order valence-electron chi connectivity index (χ3n) is 5.74. The maximum atomic E-state index is 15.0. The van der Waals surface area contributed by atoms with Gasteiger partial charge < -0.3 is 14.5 Å². The third-order valence-corrected chi connectivity index (χ3v) is 8.05. The molecule has 12 heteroatoms. The Kier molecular flexibility index (Phi) is 7.47. The Morgan fingerprint density at radius 1 is 1.25 bits per heavy atom. The predicted molar refractivity (Wildman–Crippen MR) is 138 cm³/mol. The number of carbonyl (C=O) groups is 2. The van der Waals surface area contributed by atoms with Crippen LogP contribution >= 0.6 is 22.9 Å². The molecule has 0 radical (unpaired) electrons. The summed E-state index contributed by atoms with van der Waals surface area (Å²) < 4.78 is 48.3. The first-order chi connectivity index (χ1) is 16.8. The SMILES string of the molecule is CC(C)(C)OC(=O)N1CCc2cc(F)c(N3CC[C@H](NS(=O)(=O)/C=C/c4ccc(Cl)s4)C3=O)cc2C1. The lowest BCUT2D eigenvalue weighted by Gasteiger charge is -2.32. The van der Waals surface area contributed by atoms with E-state index in [0.29, 0.717) is 22.2 Å². The van der Waals surface area contributed by atoms with Gasteiger partial charge in [0.05, 0.1) is 10.0 Å². The highest BCUT2D eigenvalue weighted by Gasteiger charge is 2.37. The van der Waals surface area contributed by atoms with E-state index in [9.17, 15) is 22.4 Å². The molecule has 0 aliphatic carbocycles. The van der Waals surface area contributed by atoms with Crippen molar-refractivity contribution in [3.05, 3.63) is 55.8 Å². The van der Waals surface area contributed by atoms with Crippen LogP contribution in [0.5, 0.6) is 0 Å². The third kappa shape index (κ3) is 6.26. The number of rotatable bonds is 5. The zero-order chi connectivity index (χ0) is 26.3. The highest BCUT2D eigenvalue weighted by atomic mass is 35.5. The minimum Gasteiger partial charge on any atom is -0.444 e. The van der Waals surface area contributed by atoms with Gasteiger partial charge in [0, 0.05) is 29.9 Å². The topological polar surface area (TPSA) is 96.0 Å². The standard InChI is InChI=1S/C24H27ClFN3O5S2/c1-24(2,3)34-23(31)28-9-6-15-12-18(26)20(13-16(15)14-28)29-10-7-19(22(29)30)27-36(32,33)11-8-17-4-5-21(25)35-17/h4-5,8,11-13,19,27H,6-7,9-10,14H2,1-3H3/b11-8+/t19-/m0/s1. The molecular weight excluding hydrogens is 529 g/mol. The molecule has 1 saturated heterocycles. The first kappa shape index (κ1) is 26.6. The van der Waals surface area contributed by atoms with E-state index in [-0.39, 0.29) is 25.2 Å². The highest BCUT2D eigenvalue weighted by molar-refractivity contribution is 7.92. The lowest BCUT2D eigenvalue weighted by Crippen LogP contribution is -2.41. The summed E-state index contributed by atoms with van der Waals surface area (Å²) >= 11 is 7.08. The molecule has 2 aliphatic rings. The quantitative estimate of drug-likeness (QED) is 0.585. The summed E-state index contributed by atoms with van der Waals surface area (Å²) in [5.41, 5.74) is 0.911. The Labute approximate surface area is 218 Å². The summed E-state index contributed by atoms with van der Waals surface area (Å²) in [5, 5.41) is 0.982. The molecule has 36 heavy (non-hydrogen) atoms. The number of amides is 2. The van der Waals surface area contributed by atoms with Crippen LogP contribution in [0.25, 0.3) is 6.08 Å². The molecule has 1 aromatic heterocycles. The summed E-state index contributed by atoms with van der Waals surface area (Å²) in [5.74, 6) is -1.10. The van der Waals surface area contributed by atoms with Gasteiger partial charge >= 0.3 is 6.09 Å². The van der Waals surface area contributed by atoms with Gasteiger partial charge in [-0.3, -0.25) is 4.79 Å². The molecule has 194 valence electrons. The van der Waals surface area contributed by atoms with E-state index in [2.05, 4.69) is 4.72 Å². The number of nitrogens with zero attached hydrogens (tertiary/aromatic N) is 2. The van der Waals surface area contributed by atoms with E-state index in [1.165, 1.54) is 28.4 Å². The van der Waals surface area contributed by atoms with Crippen LogP contribution in [0.15, 0.2) is 29.7 Å². The summed E-state index contributed by atoms with van der Waals surface area (Å²) in [7, 11) is -3.92. The molecule has 1 aromatic carbocycles. The monoisotopic (exact) mass is 555 g/mol. The number of halogens is 2. The van der Waals surface area contributed by atoms with Gasteiger partial charge in [0.2, 0.25) is 15.9 Å². The van der Waals surface area contributed by atoms with Gasteiger partial charge in [-0.05, 0) is 75.1 Å². The van der Waals surface area contributed by atoms with Gasteiger partial charge in [0.1, 0.15) is 17.5 Å². The Morgan fingerprint density at radius 3 is 2.67 bits per heavy atom. The number of hydrogen-bond donors (Lipinski definition) is 1. The molecule has 4 rings (SSSR count). The minimum absolute atomic E-state index is 0.0651. The second-order valence-corrected chi connectivity index (χ2v) is 13.0. The number of hydrogen-bond acceptors (Lipinski definition) is 6. The van der Waals surface area contributed by atoms with Crippen molar-refractivity contribution in [3.8, 4) is 0 Å². The molecule has 8 nitrogen and oxygen atoms in total. The molecule has 3 heterocycles. The second kappa shape index (κ2) is 10.1. The normalized spacial score (nSPS) is 18.7. The van der Waals surface area contributed by atoms with E-state index >= 15 is 0 Å². The smallest absolute Gasteiger partial charge is 0.410 e. The molecule has 2 aromatic rings. The van der Waals surface area contributed by atoms with Crippen molar-refractivity contribution in [2.24, 2.45) is 0 Å². The van der Waals surface area contributed by atoms with Gasteiger partial charge in [-0.25, -0.2) is 17.6 Å². The molecule has 1 atom stereocenters. The Balaban J connectivity index is 1.47. The van der Waals surface area contributed by atoms with E-state index in [0.717, 1.165) is 16.5 Å². The van der Waals surface area contributed by atoms with E-state index in [1.54, 1.807) is 43.9 Å². The van der Waals surface area contributed by atoms with Gasteiger partial charge in [0.25, 0.3) is 0 Å². The highest BCUT2D eigenvalue weighted by Crippen LogP contribution is 2.31. The fourth-order valence-corrected chi connectivity index (χ4v) is 6.17. The van der Waals surface area contributed by atoms with Crippen LogP contribution in [0.1, 0.15) is 43.2 Å². The molecule has 0 bridgehead atoms. The summed E-state index contributed by atoms with van der Waals surface area (Å²) in [6, 6.07) is 5.28. The van der Waals surface area contributed by atoms with Crippen molar-refractivity contribution in [1.29, 1.82) is 0 Å². The number of carbonyl (C=O) groups excluding carboxylic acids is 2. The number of anilines is 1. The van der Waals surface area contributed by atoms with Crippen LogP contribution < -0.4 is 9.62 Å². The average molecular weight is 556 g/mol. The van der Waals surface area contributed by atoms with Gasteiger partial charge in [-0.2, -0.15) is 4.72 Å². The van der Waals surface area contributed by atoms with Crippen LogP contribution in [-0.2, 0) is 32.5 Å². The van der Waals surface area contributed by atoms with E-state index < -0.39 is 39.5 Å². The molecule has 1 N–H and O–H groups in total. The molecule has 2 amide bonds. The van der Waals surface area contributed by atoms with Crippen LogP contribution in [-0.4, -0.2) is 50.1 Å². The minimum atomic E-state index is -3.92. The molecule has 1 fully saturated rings. The molecule has 0 saturated carbocycles. The lowest BCUT2D eigenvalue weighted by atomic mass is 9.98. The Hall–Kier alpha value is -2.47. The van der Waals surface area contributed by atoms with Crippen molar-refractivity contribution in [3.63, 3.8) is 0 Å². The van der Waals surface area contributed by atoms with Crippen LogP contribution in [0.4, 0.5) is 14.9 Å². The number of sulfonamides is 1. The maximum Gasteiger partial charge on any atom is 0.410 e. The molecule has 0 unspecified atom stereocenters. The fourth-order valence-electron chi connectivity index (χ4n) is 4.10. The van der Waals surface area contributed by atoms with Crippen molar-refractivity contribution in [1.82, 2.24) is 9.62 Å². The van der Waals surface area contributed by atoms with Gasteiger partial charge in [0.15, 0.2) is 0 Å². The maximum absolute atomic E-state index is 15.0. The summed E-state index contributed by atoms with van der Waals surface area (Å²) in [4.78, 5) is 29.0. The first-order valence-electron chi connectivity index (χ1n) is 11.4. The fraction of sp³-hybridized carbons (Fsp3) is 0.417. The van der Waals surface area contributed by atoms with Crippen molar-refractivity contribution in [2.75, 3.05) is 18.0 Å². The summed E-state index contributed by atoms with van der Waals surface area (Å²) in [6.45, 7) is 6.14. The zero-order valence-electron chi connectivity index (χ0n) is 20.1. The Morgan fingerprint density at radius 2 is 2.00 bits per heavy atom. The van der Waals surface area contributed by atoms with Crippen molar-refractivity contribution in [2.45, 2.75) is 51.8 Å². The number of ether oxygens (including phenoxy) is 1. The lowest BCUT2D eigenvalue weighted by molar-refractivity contribution is -0.118. The Bertz CT molecular complexity index is 1320. The number of fused-ring (bicyclic) bond motifs is 1. The van der Waals surface area contributed by atoms with Crippen LogP contribution in [0.3, 0.4) is 0 Å². The first-order valence-corrected chi connectivity index (χ1v) is 14.1. The predicted octanol–water partition coefficient (Wildman–Crippen LogP) is 4.53. The van der Waals surface area contributed by atoms with E-state index in [1.807, 2.05) is 0 Å². The molecule has 2 aliphatic heterocycles. The van der Waals surface area contributed by atoms with Crippen LogP contribution in [0.2, 0.25) is 4.34 Å². The van der Waals surface area contributed by atoms with Gasteiger partial charge in [-0.1, -0.05) is 11.6 Å². The van der Waals surface area contributed by atoms with Crippen LogP contribution in [0, 0.1) is 5.82 Å². The van der Waals surface area contributed by atoms with Crippen molar-refractivity contribution < 1.29 is 27.1 Å². The van der Waals surface area contributed by atoms with Gasteiger partial charge in [-0.15, -0.1) is 11.3 Å². The number of nitrogens with one attached hydrogen (secondary N) is 1. The summed E-state index contributed by atoms with van der Waals surface area (Å²) in [6.07, 6.45) is 1.60. The molecular formula is C24H27ClFN3O5S2. The number of thiophene rings is 1. The molecule has 0 spiro atoms. The van der Waals surface area contributed by atoms with E-state index in [4.69, 9.17) is 16.3 Å².